The van der Waals surface area contributed by atoms with Gasteiger partial charge in [-0.2, -0.15) is 10.1 Å². The van der Waals surface area contributed by atoms with Gasteiger partial charge in [-0.05, 0) is 19.0 Å². The summed E-state index contributed by atoms with van der Waals surface area (Å²) in [7, 11) is 0.746. The van der Waals surface area contributed by atoms with Gasteiger partial charge in [0.05, 0.1) is 23.9 Å². The number of nitrogens with zero attached hydrogens (tertiary/aromatic N) is 5. The van der Waals surface area contributed by atoms with Crippen molar-refractivity contribution in [3.63, 3.8) is 0 Å². The second-order valence-corrected chi connectivity index (χ2v) is 13.5. The van der Waals surface area contributed by atoms with Gasteiger partial charge in [-0.15, -0.1) is 0 Å². The van der Waals surface area contributed by atoms with Crippen molar-refractivity contribution in [2.45, 2.75) is 32.6 Å². The van der Waals surface area contributed by atoms with Gasteiger partial charge in [0.15, 0.2) is 6.79 Å². The molecule has 3 aromatic heterocycles. The molecule has 0 aliphatic heterocycles. The third-order valence-corrected chi connectivity index (χ3v) is 5.95. The second kappa shape index (κ2) is 8.74. The SMILES string of the molecule is CCOC(=O)c1cnn(-c2nc(OCOCC[Si](C)(C)C)c3c(ccn3C)n2)c1. The summed E-state index contributed by atoms with van der Waals surface area (Å²) in [6, 6.07) is 2.93. The standard InChI is InChI=1S/C19H27N5O4Si/c1-6-27-18(25)14-11-20-24(12-14)19-21-15-7-8-23(2)16(15)17(22-19)28-13-26-9-10-29(3,4)5/h7-8,11-12H,6,9-10,13H2,1-5H3. The highest BCUT2D eigenvalue weighted by atomic mass is 28.3. The molecule has 0 radical (unpaired) electrons. The monoisotopic (exact) mass is 417 g/mol. The second-order valence-electron chi connectivity index (χ2n) is 7.86. The molecule has 156 valence electrons. The van der Waals surface area contributed by atoms with Gasteiger partial charge in [-0.25, -0.2) is 14.5 Å². The third kappa shape index (κ3) is 5.21. The summed E-state index contributed by atoms with van der Waals surface area (Å²) < 4.78 is 19.8. The Bertz CT molecular complexity index is 992. The summed E-state index contributed by atoms with van der Waals surface area (Å²) in [6.07, 6.45) is 4.85. The maximum absolute atomic E-state index is 11.9. The van der Waals surface area contributed by atoms with Gasteiger partial charge < -0.3 is 18.8 Å². The van der Waals surface area contributed by atoms with Crippen LogP contribution in [0.25, 0.3) is 17.0 Å². The quantitative estimate of drug-likeness (QED) is 0.229. The Morgan fingerprint density at radius 3 is 2.76 bits per heavy atom. The zero-order valence-corrected chi connectivity index (χ0v) is 18.5. The number of hydrogen-bond donors (Lipinski definition) is 0. The van der Waals surface area contributed by atoms with E-state index in [2.05, 4.69) is 34.7 Å². The van der Waals surface area contributed by atoms with Crippen molar-refractivity contribution in [3.8, 4) is 11.8 Å². The lowest BCUT2D eigenvalue weighted by Crippen LogP contribution is -2.22. The molecule has 3 heterocycles. The van der Waals surface area contributed by atoms with Gasteiger partial charge >= 0.3 is 5.97 Å². The first-order chi connectivity index (χ1) is 13.8. The third-order valence-electron chi connectivity index (χ3n) is 4.25. The summed E-state index contributed by atoms with van der Waals surface area (Å²) in [5.41, 5.74) is 1.81. The molecule has 0 saturated heterocycles. The average Bonchev–Trinajstić information content (AvgIpc) is 3.28. The molecule has 0 amide bonds. The normalized spacial score (nSPS) is 11.8. The molecule has 0 N–H and O–H groups in total. The highest BCUT2D eigenvalue weighted by molar-refractivity contribution is 6.76. The largest absolute Gasteiger partial charge is 0.462 e. The van der Waals surface area contributed by atoms with Gasteiger partial charge in [-0.1, -0.05) is 19.6 Å². The van der Waals surface area contributed by atoms with Crippen molar-refractivity contribution >= 4 is 25.1 Å². The molecule has 0 atom stereocenters. The van der Waals surface area contributed by atoms with Crippen molar-refractivity contribution in [1.29, 1.82) is 0 Å². The minimum atomic E-state index is -1.15. The molecule has 0 unspecified atom stereocenters. The fourth-order valence-corrected chi connectivity index (χ4v) is 3.39. The van der Waals surface area contributed by atoms with Crippen molar-refractivity contribution in [2.24, 2.45) is 7.05 Å². The first-order valence-electron chi connectivity index (χ1n) is 9.54. The molecule has 3 aromatic rings. The number of aromatic nitrogens is 5. The minimum Gasteiger partial charge on any atom is -0.462 e. The predicted octanol–water partition coefficient (Wildman–Crippen LogP) is 3.02. The van der Waals surface area contributed by atoms with E-state index in [-0.39, 0.29) is 6.79 Å². The highest BCUT2D eigenvalue weighted by Crippen LogP contribution is 2.24. The number of hydrogen-bond acceptors (Lipinski definition) is 7. The predicted molar refractivity (Wildman–Crippen MR) is 111 cm³/mol. The van der Waals surface area contributed by atoms with Crippen molar-refractivity contribution in [3.05, 3.63) is 30.2 Å². The summed E-state index contributed by atoms with van der Waals surface area (Å²) in [5, 5.41) is 4.18. The number of esters is 1. The van der Waals surface area contributed by atoms with Crippen molar-refractivity contribution in [1.82, 2.24) is 24.3 Å². The number of carbonyl (C=O) groups is 1. The lowest BCUT2D eigenvalue weighted by atomic mass is 10.4. The molecule has 0 aliphatic rings. The molecule has 0 aliphatic carbocycles. The molecule has 9 nitrogen and oxygen atoms in total. The van der Waals surface area contributed by atoms with E-state index in [0.717, 1.165) is 11.6 Å². The van der Waals surface area contributed by atoms with Gasteiger partial charge in [0, 0.05) is 34.1 Å². The van der Waals surface area contributed by atoms with Crippen LogP contribution in [0.3, 0.4) is 0 Å². The maximum atomic E-state index is 11.9. The smallest absolute Gasteiger partial charge is 0.341 e. The zero-order valence-electron chi connectivity index (χ0n) is 17.5. The van der Waals surface area contributed by atoms with E-state index in [9.17, 15) is 4.79 Å². The fraction of sp³-hybridized carbons (Fsp3) is 0.474. The Morgan fingerprint density at radius 2 is 2.03 bits per heavy atom. The van der Waals surface area contributed by atoms with E-state index in [1.165, 1.54) is 17.1 Å². The Kier molecular flexibility index (Phi) is 6.33. The summed E-state index contributed by atoms with van der Waals surface area (Å²) in [5.74, 6) is 0.266. The van der Waals surface area contributed by atoms with Crippen LogP contribution in [0.4, 0.5) is 0 Å². The lowest BCUT2D eigenvalue weighted by Gasteiger charge is -2.15. The van der Waals surface area contributed by atoms with Crippen LogP contribution >= 0.6 is 0 Å². The number of carbonyl (C=O) groups excluding carboxylic acids is 1. The van der Waals surface area contributed by atoms with E-state index in [0.29, 0.717) is 36.1 Å². The first-order valence-corrected chi connectivity index (χ1v) is 13.2. The Labute approximate surface area is 170 Å². The molecule has 0 aromatic carbocycles. The molecular formula is C19H27N5O4Si. The lowest BCUT2D eigenvalue weighted by molar-refractivity contribution is 0.0200. The summed E-state index contributed by atoms with van der Waals surface area (Å²) in [4.78, 5) is 20.9. The molecular weight excluding hydrogens is 390 g/mol. The number of fused-ring (bicyclic) bond motifs is 1. The van der Waals surface area contributed by atoms with Crippen LogP contribution in [0.5, 0.6) is 5.88 Å². The number of ether oxygens (including phenoxy) is 3. The Hall–Kier alpha value is -2.72. The molecule has 0 bridgehead atoms. The van der Waals surface area contributed by atoms with Crippen molar-refractivity contribution < 1.29 is 19.0 Å². The molecule has 3 rings (SSSR count). The Balaban J connectivity index is 1.80. The van der Waals surface area contributed by atoms with Gasteiger partial charge in [0.25, 0.3) is 5.95 Å². The highest BCUT2D eigenvalue weighted by Gasteiger charge is 2.17. The van der Waals surface area contributed by atoms with Crippen LogP contribution in [-0.2, 0) is 16.5 Å². The summed E-state index contributed by atoms with van der Waals surface area (Å²) in [6.45, 7) is 9.72. The van der Waals surface area contributed by atoms with E-state index in [4.69, 9.17) is 14.2 Å². The minimum absolute atomic E-state index is 0.106. The van der Waals surface area contributed by atoms with E-state index in [1.807, 2.05) is 23.9 Å². The van der Waals surface area contributed by atoms with Crippen LogP contribution in [0, 0.1) is 0 Å². The van der Waals surface area contributed by atoms with Crippen LogP contribution in [0.2, 0.25) is 25.7 Å². The molecule has 10 heteroatoms. The number of aryl methyl sites for hydroxylation is 1. The van der Waals surface area contributed by atoms with Crippen LogP contribution < -0.4 is 4.74 Å². The molecule has 0 saturated carbocycles. The van der Waals surface area contributed by atoms with Crippen LogP contribution in [0.15, 0.2) is 24.7 Å². The van der Waals surface area contributed by atoms with Gasteiger partial charge in [-0.3, -0.25) is 0 Å². The maximum Gasteiger partial charge on any atom is 0.341 e. The molecule has 29 heavy (non-hydrogen) atoms. The molecule has 0 spiro atoms. The van der Waals surface area contributed by atoms with Crippen LogP contribution in [-0.4, -0.2) is 58.4 Å². The van der Waals surface area contributed by atoms with E-state index >= 15 is 0 Å². The fourth-order valence-electron chi connectivity index (χ4n) is 2.63. The Morgan fingerprint density at radius 1 is 1.24 bits per heavy atom. The zero-order chi connectivity index (χ0) is 21.0. The number of rotatable bonds is 9. The molecule has 0 fully saturated rings. The van der Waals surface area contributed by atoms with Gasteiger partial charge in [0.2, 0.25) is 5.88 Å². The van der Waals surface area contributed by atoms with Crippen molar-refractivity contribution in [2.75, 3.05) is 20.0 Å². The van der Waals surface area contributed by atoms with E-state index in [1.54, 1.807) is 6.92 Å². The van der Waals surface area contributed by atoms with Gasteiger partial charge in [0.1, 0.15) is 5.52 Å². The average molecular weight is 418 g/mol. The first kappa shape index (κ1) is 21.0. The van der Waals surface area contributed by atoms with Crippen LogP contribution in [0.1, 0.15) is 17.3 Å². The van der Waals surface area contributed by atoms with E-state index < -0.39 is 14.0 Å². The summed E-state index contributed by atoms with van der Waals surface area (Å²) >= 11 is 0. The topological polar surface area (TPSA) is 93.3 Å².